The van der Waals surface area contributed by atoms with Crippen LogP contribution in [0.3, 0.4) is 0 Å². The molecule has 0 saturated carbocycles. The van der Waals surface area contributed by atoms with Crippen molar-refractivity contribution < 1.29 is 14.3 Å². The number of ketones is 1. The van der Waals surface area contributed by atoms with Gasteiger partial charge < -0.3 is 10.1 Å². The molecule has 1 N–H and O–H groups in total. The number of amides is 1. The van der Waals surface area contributed by atoms with Crippen LogP contribution in [-0.4, -0.2) is 40.8 Å². The van der Waals surface area contributed by atoms with Gasteiger partial charge in [-0.2, -0.15) is 0 Å². The third-order valence-corrected chi connectivity index (χ3v) is 7.15. The Morgan fingerprint density at radius 1 is 1.11 bits per heavy atom. The van der Waals surface area contributed by atoms with Gasteiger partial charge >= 0.3 is 0 Å². The Kier molecular flexibility index (Phi) is 7.89. The van der Waals surface area contributed by atoms with Crippen LogP contribution in [0.4, 0.5) is 5.69 Å². The summed E-state index contributed by atoms with van der Waals surface area (Å²) in [6, 6.07) is 16.5. The van der Waals surface area contributed by atoms with Gasteiger partial charge in [0.05, 0.1) is 30.3 Å². The summed E-state index contributed by atoms with van der Waals surface area (Å²) in [5.41, 5.74) is 4.38. The summed E-state index contributed by atoms with van der Waals surface area (Å²) >= 11 is 1.57. The Hall–Kier alpha value is -3.45. The number of methoxy groups -OCH3 is 1. The maximum absolute atomic E-state index is 13.2. The van der Waals surface area contributed by atoms with Crippen LogP contribution in [0.5, 0.6) is 5.75 Å². The molecular weight excluding hydrogens is 470 g/mol. The number of anilines is 1. The van der Waals surface area contributed by atoms with E-state index in [4.69, 9.17) is 9.73 Å². The van der Waals surface area contributed by atoms with Crippen molar-refractivity contribution in [1.82, 2.24) is 4.98 Å². The van der Waals surface area contributed by atoms with E-state index < -0.39 is 0 Å². The number of fused-ring (bicyclic) bond motifs is 1. The van der Waals surface area contributed by atoms with Crippen molar-refractivity contribution in [2.75, 3.05) is 18.2 Å². The Morgan fingerprint density at radius 2 is 1.89 bits per heavy atom. The quantitative estimate of drug-likeness (QED) is 0.277. The number of nitrogens with zero attached hydrogens (tertiary/aromatic N) is 2. The van der Waals surface area contributed by atoms with Crippen LogP contribution in [0.1, 0.15) is 65.5 Å². The zero-order valence-electron chi connectivity index (χ0n) is 21.1. The molecule has 0 bridgehead atoms. The molecule has 2 heterocycles. The molecule has 3 aromatic rings. The largest absolute Gasteiger partial charge is 0.497 e. The lowest BCUT2D eigenvalue weighted by atomic mass is 9.85. The van der Waals surface area contributed by atoms with Gasteiger partial charge in [-0.3, -0.25) is 14.6 Å². The second-order valence-electron chi connectivity index (χ2n) is 9.41. The van der Waals surface area contributed by atoms with Gasteiger partial charge in [0.25, 0.3) is 5.91 Å². The summed E-state index contributed by atoms with van der Waals surface area (Å²) in [4.78, 5) is 35.3. The Labute approximate surface area is 216 Å². The van der Waals surface area contributed by atoms with Crippen LogP contribution in [0.2, 0.25) is 0 Å². The van der Waals surface area contributed by atoms with E-state index in [1.807, 2.05) is 12.1 Å². The number of rotatable bonds is 9. The molecule has 1 aliphatic rings. The first-order valence-electron chi connectivity index (χ1n) is 12.1. The maximum Gasteiger partial charge on any atom is 0.258 e. The number of hydrogen-bond donors (Lipinski definition) is 1. The standard InChI is InChI=1S/C29H31N3O3S/c1-5-15-36-28-23(7-6-14-30-28)27(34)31-21-11-8-19(9-12-21)26(33)17-25-24-16-22(35-4)13-10-20(24)18-29(2,3)32-25/h6-14,16H,5,15,17-18H2,1-4H3,(H,31,34). The molecule has 186 valence electrons. The summed E-state index contributed by atoms with van der Waals surface area (Å²) in [7, 11) is 1.63. The van der Waals surface area contributed by atoms with Gasteiger partial charge in [-0.15, -0.1) is 11.8 Å². The summed E-state index contributed by atoms with van der Waals surface area (Å²) in [5, 5.41) is 3.64. The third-order valence-electron chi connectivity index (χ3n) is 5.94. The number of pyridine rings is 1. The number of Topliss-reactive ketones (excluding diaryl/α,β-unsaturated/α-hetero) is 1. The predicted octanol–water partition coefficient (Wildman–Crippen LogP) is 6.24. The number of thioether (sulfide) groups is 1. The van der Waals surface area contributed by atoms with Crippen molar-refractivity contribution in [2.45, 2.75) is 50.6 Å². The molecule has 36 heavy (non-hydrogen) atoms. The van der Waals surface area contributed by atoms with Gasteiger partial charge in [-0.25, -0.2) is 4.98 Å². The van der Waals surface area contributed by atoms with Crippen molar-refractivity contribution >= 4 is 34.9 Å². The SMILES string of the molecule is CCCSc1ncccc1C(=O)Nc1ccc(C(=O)CC2=NC(C)(C)Cc3ccc(OC)cc32)cc1. The lowest BCUT2D eigenvalue weighted by Gasteiger charge is -2.29. The molecule has 0 spiro atoms. The van der Waals surface area contributed by atoms with Gasteiger partial charge in [0, 0.05) is 23.0 Å². The van der Waals surface area contributed by atoms with E-state index in [0.29, 0.717) is 16.8 Å². The molecule has 0 saturated heterocycles. The predicted molar refractivity (Wildman–Crippen MR) is 146 cm³/mol. The van der Waals surface area contributed by atoms with Crippen LogP contribution in [0, 0.1) is 0 Å². The third kappa shape index (κ3) is 6.02. The first-order chi connectivity index (χ1) is 17.3. The summed E-state index contributed by atoms with van der Waals surface area (Å²) in [6.45, 7) is 6.25. The van der Waals surface area contributed by atoms with E-state index in [-0.39, 0.29) is 23.7 Å². The topological polar surface area (TPSA) is 80.7 Å². The molecule has 0 fully saturated rings. The molecule has 2 aromatic carbocycles. The molecule has 1 aliphatic heterocycles. The number of aromatic nitrogens is 1. The lowest BCUT2D eigenvalue weighted by Crippen LogP contribution is -2.30. The number of hydrogen-bond acceptors (Lipinski definition) is 6. The van der Waals surface area contributed by atoms with Crippen LogP contribution in [0.25, 0.3) is 0 Å². The zero-order valence-corrected chi connectivity index (χ0v) is 21.9. The minimum absolute atomic E-state index is 0.0244. The van der Waals surface area contributed by atoms with Gasteiger partial charge in [-0.1, -0.05) is 13.0 Å². The number of carbonyl (C=O) groups excluding carboxylic acids is 2. The molecular formula is C29H31N3O3S. The van der Waals surface area contributed by atoms with Gasteiger partial charge in [-0.05, 0) is 86.5 Å². The molecule has 0 atom stereocenters. The minimum Gasteiger partial charge on any atom is -0.497 e. The summed E-state index contributed by atoms with van der Waals surface area (Å²) in [5.74, 6) is 1.40. The van der Waals surface area contributed by atoms with Crippen molar-refractivity contribution in [3.05, 3.63) is 83.0 Å². The van der Waals surface area contributed by atoms with Crippen molar-refractivity contribution in [3.63, 3.8) is 0 Å². The number of ether oxygens (including phenoxy) is 1. The minimum atomic E-state index is -0.272. The molecule has 7 heteroatoms. The van der Waals surface area contributed by atoms with E-state index in [2.05, 4.69) is 37.1 Å². The first-order valence-corrected chi connectivity index (χ1v) is 13.1. The normalized spacial score (nSPS) is 13.9. The fourth-order valence-electron chi connectivity index (χ4n) is 4.24. The highest BCUT2D eigenvalue weighted by molar-refractivity contribution is 7.99. The summed E-state index contributed by atoms with van der Waals surface area (Å²) in [6.07, 6.45) is 3.71. The van der Waals surface area contributed by atoms with Crippen LogP contribution in [0.15, 0.2) is 70.8 Å². The highest BCUT2D eigenvalue weighted by Crippen LogP contribution is 2.31. The second-order valence-corrected chi connectivity index (χ2v) is 10.5. The zero-order chi connectivity index (χ0) is 25.7. The molecule has 0 radical (unpaired) electrons. The average molecular weight is 502 g/mol. The number of benzene rings is 2. The maximum atomic E-state index is 13.2. The molecule has 6 nitrogen and oxygen atoms in total. The Bertz CT molecular complexity index is 1300. The molecule has 1 amide bonds. The lowest BCUT2D eigenvalue weighted by molar-refractivity contribution is 0.0998. The monoisotopic (exact) mass is 501 g/mol. The second kappa shape index (κ2) is 11.1. The average Bonchev–Trinajstić information content (AvgIpc) is 2.87. The molecule has 0 aliphatic carbocycles. The van der Waals surface area contributed by atoms with E-state index in [1.54, 1.807) is 61.5 Å². The number of nitrogens with one attached hydrogen (secondary N) is 1. The van der Waals surface area contributed by atoms with E-state index in [1.165, 1.54) is 5.56 Å². The first kappa shape index (κ1) is 25.6. The Morgan fingerprint density at radius 3 is 2.61 bits per heavy atom. The molecule has 0 unspecified atom stereocenters. The van der Waals surface area contributed by atoms with Crippen LogP contribution in [-0.2, 0) is 6.42 Å². The highest BCUT2D eigenvalue weighted by Gasteiger charge is 2.28. The smallest absolute Gasteiger partial charge is 0.258 e. The fourth-order valence-corrected chi connectivity index (χ4v) is 5.09. The van der Waals surface area contributed by atoms with Crippen LogP contribution >= 0.6 is 11.8 Å². The van der Waals surface area contributed by atoms with Crippen molar-refractivity contribution in [1.29, 1.82) is 0 Å². The van der Waals surface area contributed by atoms with E-state index in [9.17, 15) is 9.59 Å². The Balaban J connectivity index is 1.48. The van der Waals surface area contributed by atoms with Gasteiger partial charge in [0.1, 0.15) is 10.8 Å². The van der Waals surface area contributed by atoms with Gasteiger partial charge in [0.15, 0.2) is 5.78 Å². The highest BCUT2D eigenvalue weighted by atomic mass is 32.2. The molecule has 1 aromatic heterocycles. The van der Waals surface area contributed by atoms with E-state index >= 15 is 0 Å². The molecule has 4 rings (SSSR count). The fraction of sp³-hybridized carbons (Fsp3) is 0.310. The number of aliphatic imine (C=N–C) groups is 1. The van der Waals surface area contributed by atoms with E-state index in [0.717, 1.165) is 40.6 Å². The van der Waals surface area contributed by atoms with Crippen LogP contribution < -0.4 is 10.1 Å². The van der Waals surface area contributed by atoms with Crippen molar-refractivity contribution in [2.24, 2.45) is 4.99 Å². The van der Waals surface area contributed by atoms with Crippen molar-refractivity contribution in [3.8, 4) is 5.75 Å². The number of carbonyl (C=O) groups is 2. The summed E-state index contributed by atoms with van der Waals surface area (Å²) < 4.78 is 5.39. The van der Waals surface area contributed by atoms with Gasteiger partial charge in [0.2, 0.25) is 0 Å².